The summed E-state index contributed by atoms with van der Waals surface area (Å²) in [6, 6.07) is 6.31. The zero-order valence-corrected chi connectivity index (χ0v) is 9.67. The van der Waals surface area contributed by atoms with Crippen LogP contribution in [0.25, 0.3) is 0 Å². The van der Waals surface area contributed by atoms with Crippen LogP contribution >= 0.6 is 11.8 Å². The molecule has 0 aliphatic carbocycles. The number of carboxylic acids is 1. The van der Waals surface area contributed by atoms with Crippen LogP contribution in [0.15, 0.2) is 23.1 Å². The molecule has 0 aromatic heterocycles. The molecule has 2 rings (SSSR count). The summed E-state index contributed by atoms with van der Waals surface area (Å²) in [7, 11) is 0. The Morgan fingerprint density at radius 3 is 3.00 bits per heavy atom. The highest BCUT2D eigenvalue weighted by atomic mass is 32.2. The van der Waals surface area contributed by atoms with Crippen LogP contribution < -0.4 is 0 Å². The van der Waals surface area contributed by atoms with Gasteiger partial charge < -0.3 is 5.11 Å². The molecule has 0 saturated heterocycles. The molecule has 1 aromatic carbocycles. The smallest absolute Gasteiger partial charge is 0.306 e. The van der Waals surface area contributed by atoms with Crippen molar-refractivity contribution in [3.8, 4) is 0 Å². The highest BCUT2D eigenvalue weighted by Crippen LogP contribution is 2.43. The minimum atomic E-state index is -0.699. The first kappa shape index (κ1) is 10.6. The van der Waals surface area contributed by atoms with Gasteiger partial charge >= 0.3 is 5.97 Å². The fraction of sp³-hybridized carbons (Fsp3) is 0.417. The quantitative estimate of drug-likeness (QED) is 0.836. The number of rotatable bonds is 2. The summed E-state index contributed by atoms with van der Waals surface area (Å²) in [4.78, 5) is 12.2. The molecule has 0 amide bonds. The largest absolute Gasteiger partial charge is 0.481 e. The summed E-state index contributed by atoms with van der Waals surface area (Å²) in [5, 5.41) is 9.03. The number of carbonyl (C=O) groups is 1. The maximum Gasteiger partial charge on any atom is 0.306 e. The lowest BCUT2D eigenvalue weighted by atomic mass is 9.88. The predicted molar refractivity (Wildman–Crippen MR) is 61.4 cm³/mol. The van der Waals surface area contributed by atoms with Gasteiger partial charge in [0.15, 0.2) is 0 Å². The number of hydrogen-bond donors (Lipinski definition) is 1. The molecule has 80 valence electrons. The summed E-state index contributed by atoms with van der Waals surface area (Å²) < 4.78 is 0. The standard InChI is InChI=1S/C12H14O2S/c1-7-3-4-11-9(5-7)10(6-15-11)8(2)12(13)14/h3-5,8,10H,6H2,1-2H3,(H,13,14). The van der Waals surface area contributed by atoms with Gasteiger partial charge in [-0.05, 0) is 18.6 Å². The van der Waals surface area contributed by atoms with E-state index in [0.29, 0.717) is 0 Å². The van der Waals surface area contributed by atoms with E-state index in [2.05, 4.69) is 18.2 Å². The maximum atomic E-state index is 11.0. The van der Waals surface area contributed by atoms with Crippen molar-refractivity contribution in [2.24, 2.45) is 5.92 Å². The maximum absolute atomic E-state index is 11.0. The van der Waals surface area contributed by atoms with E-state index in [-0.39, 0.29) is 11.8 Å². The molecule has 0 saturated carbocycles. The van der Waals surface area contributed by atoms with Crippen LogP contribution in [0.4, 0.5) is 0 Å². The van der Waals surface area contributed by atoms with Crippen LogP contribution in [-0.4, -0.2) is 16.8 Å². The molecule has 1 aromatic rings. The summed E-state index contributed by atoms with van der Waals surface area (Å²) in [5.74, 6) is 0.0737. The van der Waals surface area contributed by atoms with Crippen molar-refractivity contribution in [1.29, 1.82) is 0 Å². The van der Waals surface area contributed by atoms with Gasteiger partial charge in [0.2, 0.25) is 0 Å². The zero-order chi connectivity index (χ0) is 11.0. The molecule has 2 atom stereocenters. The molecular formula is C12H14O2S. The van der Waals surface area contributed by atoms with Crippen LogP contribution in [0, 0.1) is 12.8 Å². The number of thioether (sulfide) groups is 1. The first-order chi connectivity index (χ1) is 7.09. The van der Waals surface area contributed by atoms with Gasteiger partial charge in [0.1, 0.15) is 0 Å². The van der Waals surface area contributed by atoms with Crippen LogP contribution in [0.2, 0.25) is 0 Å². The van der Waals surface area contributed by atoms with Crippen LogP contribution in [0.5, 0.6) is 0 Å². The van der Waals surface area contributed by atoms with Crippen molar-refractivity contribution in [3.05, 3.63) is 29.3 Å². The molecular weight excluding hydrogens is 208 g/mol. The van der Waals surface area contributed by atoms with Crippen molar-refractivity contribution in [3.63, 3.8) is 0 Å². The van der Waals surface area contributed by atoms with E-state index >= 15 is 0 Å². The fourth-order valence-corrected chi connectivity index (χ4v) is 3.31. The van der Waals surface area contributed by atoms with Gasteiger partial charge in [-0.2, -0.15) is 0 Å². The van der Waals surface area contributed by atoms with Crippen molar-refractivity contribution in [2.75, 3.05) is 5.75 Å². The van der Waals surface area contributed by atoms with Gasteiger partial charge in [0.05, 0.1) is 5.92 Å². The normalized spacial score (nSPS) is 21.1. The average molecular weight is 222 g/mol. The molecule has 0 radical (unpaired) electrons. The second-order valence-electron chi connectivity index (χ2n) is 4.09. The Morgan fingerprint density at radius 2 is 2.33 bits per heavy atom. The van der Waals surface area contributed by atoms with E-state index in [1.807, 2.05) is 6.92 Å². The van der Waals surface area contributed by atoms with E-state index < -0.39 is 5.97 Å². The molecule has 2 unspecified atom stereocenters. The Labute approximate surface area is 93.7 Å². The number of hydrogen-bond acceptors (Lipinski definition) is 2. The fourth-order valence-electron chi connectivity index (χ4n) is 1.94. The first-order valence-electron chi connectivity index (χ1n) is 5.05. The Hall–Kier alpha value is -0.960. The minimum absolute atomic E-state index is 0.169. The SMILES string of the molecule is Cc1ccc2c(c1)C(C(C)C(=O)O)CS2. The third-order valence-electron chi connectivity index (χ3n) is 2.98. The Kier molecular flexibility index (Phi) is 2.74. The third-order valence-corrected chi connectivity index (χ3v) is 4.18. The number of benzene rings is 1. The van der Waals surface area contributed by atoms with E-state index in [1.165, 1.54) is 16.0 Å². The molecule has 0 spiro atoms. The zero-order valence-electron chi connectivity index (χ0n) is 8.86. The van der Waals surface area contributed by atoms with Gasteiger partial charge in [-0.15, -0.1) is 11.8 Å². The second-order valence-corrected chi connectivity index (χ2v) is 5.15. The van der Waals surface area contributed by atoms with Crippen LogP contribution in [0.1, 0.15) is 24.0 Å². The number of aliphatic carboxylic acids is 1. The lowest BCUT2D eigenvalue weighted by Gasteiger charge is -2.15. The molecule has 15 heavy (non-hydrogen) atoms. The summed E-state index contributed by atoms with van der Waals surface area (Å²) in [6.07, 6.45) is 0. The molecule has 1 aliphatic rings. The van der Waals surface area contributed by atoms with Crippen molar-refractivity contribution in [1.82, 2.24) is 0 Å². The van der Waals surface area contributed by atoms with Gasteiger partial charge in [-0.25, -0.2) is 0 Å². The molecule has 1 heterocycles. The highest BCUT2D eigenvalue weighted by Gasteiger charge is 2.31. The van der Waals surface area contributed by atoms with Crippen LogP contribution in [-0.2, 0) is 4.79 Å². The molecule has 0 bridgehead atoms. The van der Waals surface area contributed by atoms with Gasteiger partial charge in [0, 0.05) is 16.6 Å². The first-order valence-corrected chi connectivity index (χ1v) is 6.04. The number of aryl methyl sites for hydroxylation is 1. The Bertz CT molecular complexity index is 401. The summed E-state index contributed by atoms with van der Waals surface area (Å²) in [6.45, 7) is 3.84. The molecule has 0 fully saturated rings. The van der Waals surface area contributed by atoms with Crippen LogP contribution in [0.3, 0.4) is 0 Å². The molecule has 3 heteroatoms. The number of carboxylic acid groups (broad SMARTS) is 1. The lowest BCUT2D eigenvalue weighted by molar-refractivity contribution is -0.141. The Morgan fingerprint density at radius 1 is 1.60 bits per heavy atom. The average Bonchev–Trinajstić information content (AvgIpc) is 2.59. The van der Waals surface area contributed by atoms with Gasteiger partial charge in [-0.3, -0.25) is 4.79 Å². The molecule has 1 N–H and O–H groups in total. The monoisotopic (exact) mass is 222 g/mol. The van der Waals surface area contributed by atoms with Crippen molar-refractivity contribution in [2.45, 2.75) is 24.7 Å². The molecule has 1 aliphatic heterocycles. The van der Waals surface area contributed by atoms with E-state index in [1.54, 1.807) is 18.7 Å². The highest BCUT2D eigenvalue weighted by molar-refractivity contribution is 7.99. The molecule has 2 nitrogen and oxygen atoms in total. The predicted octanol–water partition coefficient (Wildman–Crippen LogP) is 2.91. The summed E-state index contributed by atoms with van der Waals surface area (Å²) >= 11 is 1.77. The van der Waals surface area contributed by atoms with E-state index in [4.69, 9.17) is 5.11 Å². The van der Waals surface area contributed by atoms with Gasteiger partial charge in [0.25, 0.3) is 0 Å². The summed E-state index contributed by atoms with van der Waals surface area (Å²) in [5.41, 5.74) is 2.42. The van der Waals surface area contributed by atoms with E-state index in [9.17, 15) is 4.79 Å². The Balaban J connectivity index is 2.35. The van der Waals surface area contributed by atoms with E-state index in [0.717, 1.165) is 5.75 Å². The number of fused-ring (bicyclic) bond motifs is 1. The second kappa shape index (κ2) is 3.89. The van der Waals surface area contributed by atoms with Crippen molar-refractivity contribution < 1.29 is 9.90 Å². The lowest BCUT2D eigenvalue weighted by Crippen LogP contribution is -2.18. The third kappa shape index (κ3) is 1.88. The minimum Gasteiger partial charge on any atom is -0.481 e. The topological polar surface area (TPSA) is 37.3 Å². The van der Waals surface area contributed by atoms with Gasteiger partial charge in [-0.1, -0.05) is 24.6 Å². The van der Waals surface area contributed by atoms with Crippen molar-refractivity contribution >= 4 is 17.7 Å².